The van der Waals surface area contributed by atoms with Crippen molar-refractivity contribution in [3.05, 3.63) is 34.9 Å². The van der Waals surface area contributed by atoms with E-state index in [2.05, 4.69) is 19.1 Å². The number of piperidine rings is 1. The van der Waals surface area contributed by atoms with Gasteiger partial charge >= 0.3 is 0 Å². The molecule has 1 fully saturated rings. The van der Waals surface area contributed by atoms with E-state index in [1.54, 1.807) is 0 Å². The molecule has 0 aromatic heterocycles. The summed E-state index contributed by atoms with van der Waals surface area (Å²) in [5.41, 5.74) is 7.38. The zero-order valence-electron chi connectivity index (χ0n) is 13.3. The van der Waals surface area contributed by atoms with Gasteiger partial charge in [0.1, 0.15) is 0 Å². The van der Waals surface area contributed by atoms with Crippen LogP contribution in [0.4, 0.5) is 0 Å². The molecule has 22 heavy (non-hydrogen) atoms. The number of hydrogen-bond donors (Lipinski definition) is 1. The third-order valence-electron chi connectivity index (χ3n) is 4.69. The highest BCUT2D eigenvalue weighted by atomic mass is 35.5. The Labute approximate surface area is 144 Å². The minimum Gasteiger partial charge on any atom is -0.341 e. The van der Waals surface area contributed by atoms with Gasteiger partial charge in [-0.2, -0.15) is 0 Å². The molecule has 0 bridgehead atoms. The number of carbonyl (C=O) groups is 1. The Morgan fingerprint density at radius 1 is 1.32 bits per heavy atom. The normalized spacial score (nSPS) is 18.5. The van der Waals surface area contributed by atoms with Crippen molar-refractivity contribution in [2.75, 3.05) is 13.1 Å². The summed E-state index contributed by atoms with van der Waals surface area (Å²) in [4.78, 5) is 14.3. The summed E-state index contributed by atoms with van der Waals surface area (Å²) in [7, 11) is 0. The summed E-state index contributed by atoms with van der Waals surface area (Å²) in [5, 5.41) is 0.769. The van der Waals surface area contributed by atoms with Crippen LogP contribution < -0.4 is 5.73 Å². The number of nitrogens with zero attached hydrogens (tertiary/aromatic N) is 1. The molecule has 5 heteroatoms. The van der Waals surface area contributed by atoms with Gasteiger partial charge in [0.05, 0.1) is 6.04 Å². The SMILES string of the molecule is CC[C@@H](C)[C@@H](N)C(=O)N1CCC(c2ccc(Cl)cc2)CC1.Cl. The molecule has 0 aliphatic carbocycles. The molecular formula is C17H26Cl2N2O. The Bertz CT molecular complexity index is 470. The molecule has 1 aliphatic rings. The van der Waals surface area contributed by atoms with Crippen molar-refractivity contribution in [3.8, 4) is 0 Å². The number of likely N-dealkylation sites (tertiary alicyclic amines) is 1. The average Bonchev–Trinajstić information content (AvgIpc) is 2.53. The Hall–Kier alpha value is -0.770. The maximum absolute atomic E-state index is 12.4. The highest BCUT2D eigenvalue weighted by molar-refractivity contribution is 6.30. The summed E-state index contributed by atoms with van der Waals surface area (Å²) in [6.07, 6.45) is 2.94. The number of rotatable bonds is 4. The molecular weight excluding hydrogens is 319 g/mol. The standard InChI is InChI=1S/C17H25ClN2O.ClH/c1-3-12(2)16(19)17(21)20-10-8-14(9-11-20)13-4-6-15(18)7-5-13;/h4-7,12,14,16H,3,8-11,19H2,1-2H3;1H/t12-,16-;/m1./s1. The number of benzene rings is 1. The fraction of sp³-hybridized carbons (Fsp3) is 0.588. The van der Waals surface area contributed by atoms with Crippen LogP contribution in [0, 0.1) is 5.92 Å². The first-order chi connectivity index (χ1) is 10.0. The molecule has 0 spiro atoms. The lowest BCUT2D eigenvalue weighted by Crippen LogP contribution is -2.49. The van der Waals surface area contributed by atoms with Crippen molar-refractivity contribution in [3.63, 3.8) is 0 Å². The fourth-order valence-electron chi connectivity index (χ4n) is 2.88. The van der Waals surface area contributed by atoms with Crippen LogP contribution in [0.3, 0.4) is 0 Å². The minimum absolute atomic E-state index is 0. The van der Waals surface area contributed by atoms with E-state index in [1.807, 2.05) is 24.0 Å². The molecule has 1 aromatic rings. The van der Waals surface area contributed by atoms with Crippen molar-refractivity contribution in [2.24, 2.45) is 11.7 Å². The predicted molar refractivity (Wildman–Crippen MR) is 94.7 cm³/mol. The average molecular weight is 345 g/mol. The third-order valence-corrected chi connectivity index (χ3v) is 4.94. The van der Waals surface area contributed by atoms with Gasteiger partial charge in [0.15, 0.2) is 0 Å². The highest BCUT2D eigenvalue weighted by Gasteiger charge is 2.28. The second kappa shape index (κ2) is 8.76. The summed E-state index contributed by atoms with van der Waals surface area (Å²) < 4.78 is 0. The van der Waals surface area contributed by atoms with Crippen molar-refractivity contribution >= 4 is 29.9 Å². The van der Waals surface area contributed by atoms with Crippen molar-refractivity contribution < 1.29 is 4.79 Å². The molecule has 2 rings (SSSR count). The van der Waals surface area contributed by atoms with Gasteiger partial charge in [-0.1, -0.05) is 44.0 Å². The van der Waals surface area contributed by atoms with Crippen LogP contribution >= 0.6 is 24.0 Å². The topological polar surface area (TPSA) is 46.3 Å². The number of hydrogen-bond acceptors (Lipinski definition) is 2. The van der Waals surface area contributed by atoms with Gasteiger partial charge < -0.3 is 10.6 Å². The highest BCUT2D eigenvalue weighted by Crippen LogP contribution is 2.29. The maximum Gasteiger partial charge on any atom is 0.239 e. The first-order valence-corrected chi connectivity index (χ1v) is 8.20. The first-order valence-electron chi connectivity index (χ1n) is 7.82. The Kier molecular flexibility index (Phi) is 7.67. The van der Waals surface area contributed by atoms with Crippen LogP contribution in [0.5, 0.6) is 0 Å². The Morgan fingerprint density at radius 3 is 2.36 bits per heavy atom. The quantitative estimate of drug-likeness (QED) is 0.901. The molecule has 124 valence electrons. The van der Waals surface area contributed by atoms with E-state index in [1.165, 1.54) is 5.56 Å². The van der Waals surface area contributed by atoms with Crippen LogP contribution in [0.1, 0.15) is 44.6 Å². The van der Waals surface area contributed by atoms with E-state index in [0.717, 1.165) is 37.4 Å². The fourth-order valence-corrected chi connectivity index (χ4v) is 3.00. The van der Waals surface area contributed by atoms with E-state index >= 15 is 0 Å². The molecule has 1 saturated heterocycles. The summed E-state index contributed by atoms with van der Waals surface area (Å²) in [6.45, 7) is 5.72. The molecule has 3 nitrogen and oxygen atoms in total. The van der Waals surface area contributed by atoms with E-state index in [-0.39, 0.29) is 30.3 Å². The van der Waals surface area contributed by atoms with Gasteiger partial charge in [0.25, 0.3) is 0 Å². The first kappa shape index (κ1) is 19.3. The van der Waals surface area contributed by atoms with Crippen LogP contribution in [0.15, 0.2) is 24.3 Å². The lowest BCUT2D eigenvalue weighted by molar-refractivity contribution is -0.134. The number of amides is 1. The van der Waals surface area contributed by atoms with Crippen LogP contribution in [0.25, 0.3) is 0 Å². The lowest BCUT2D eigenvalue weighted by atomic mass is 9.89. The van der Waals surface area contributed by atoms with Gasteiger partial charge in [-0.05, 0) is 42.4 Å². The summed E-state index contributed by atoms with van der Waals surface area (Å²) in [6, 6.07) is 7.70. The molecule has 1 aromatic carbocycles. The number of halogens is 2. The number of carbonyl (C=O) groups excluding carboxylic acids is 1. The van der Waals surface area contributed by atoms with E-state index in [4.69, 9.17) is 17.3 Å². The smallest absolute Gasteiger partial charge is 0.239 e. The molecule has 0 unspecified atom stereocenters. The van der Waals surface area contributed by atoms with Crippen molar-refractivity contribution in [1.82, 2.24) is 4.90 Å². The number of nitrogens with two attached hydrogens (primary N) is 1. The minimum atomic E-state index is -0.359. The van der Waals surface area contributed by atoms with E-state index in [0.29, 0.717) is 5.92 Å². The van der Waals surface area contributed by atoms with Gasteiger partial charge in [0.2, 0.25) is 5.91 Å². The molecule has 1 aliphatic heterocycles. The van der Waals surface area contributed by atoms with Crippen molar-refractivity contribution in [2.45, 2.75) is 45.1 Å². The summed E-state index contributed by atoms with van der Waals surface area (Å²) in [5.74, 6) is 0.872. The van der Waals surface area contributed by atoms with Gasteiger partial charge in [-0.3, -0.25) is 4.79 Å². The Morgan fingerprint density at radius 2 is 1.86 bits per heavy atom. The van der Waals surface area contributed by atoms with Gasteiger partial charge in [0, 0.05) is 18.1 Å². The van der Waals surface area contributed by atoms with Gasteiger partial charge in [-0.25, -0.2) is 0 Å². The second-order valence-electron chi connectivity index (χ2n) is 6.06. The molecule has 2 N–H and O–H groups in total. The Balaban J connectivity index is 0.00000242. The largest absolute Gasteiger partial charge is 0.341 e. The monoisotopic (exact) mass is 344 g/mol. The predicted octanol–water partition coefficient (Wildman–Crippen LogP) is 3.84. The van der Waals surface area contributed by atoms with Crippen LogP contribution in [0.2, 0.25) is 5.02 Å². The van der Waals surface area contributed by atoms with Crippen LogP contribution in [-0.4, -0.2) is 29.9 Å². The van der Waals surface area contributed by atoms with Crippen molar-refractivity contribution in [1.29, 1.82) is 0 Å². The third kappa shape index (κ3) is 4.61. The summed E-state index contributed by atoms with van der Waals surface area (Å²) >= 11 is 5.93. The van der Waals surface area contributed by atoms with E-state index < -0.39 is 0 Å². The molecule has 0 saturated carbocycles. The van der Waals surface area contributed by atoms with Gasteiger partial charge in [-0.15, -0.1) is 12.4 Å². The lowest BCUT2D eigenvalue weighted by Gasteiger charge is -2.34. The second-order valence-corrected chi connectivity index (χ2v) is 6.50. The maximum atomic E-state index is 12.4. The molecule has 1 amide bonds. The zero-order chi connectivity index (χ0) is 15.4. The van der Waals surface area contributed by atoms with Crippen LogP contribution in [-0.2, 0) is 4.79 Å². The zero-order valence-corrected chi connectivity index (χ0v) is 14.9. The van der Waals surface area contributed by atoms with E-state index in [9.17, 15) is 4.79 Å². The molecule has 2 atom stereocenters. The molecule has 1 heterocycles. The molecule has 0 radical (unpaired) electrons.